The average Bonchev–Trinajstić information content (AvgIpc) is 2.56. The Morgan fingerprint density at radius 1 is 1.46 bits per heavy atom. The van der Waals surface area contributed by atoms with E-state index in [0.717, 1.165) is 0 Å². The maximum Gasteiger partial charge on any atom is 0.237 e. The molecule has 2 aliphatic heterocycles. The predicted molar refractivity (Wildman–Crippen MR) is 46.8 cm³/mol. The molecule has 1 N–H and O–H groups in total. The molecule has 0 radical (unpaired) electrons. The van der Waals surface area contributed by atoms with E-state index in [1.807, 2.05) is 0 Å². The lowest BCUT2D eigenvalue weighted by Crippen LogP contribution is -2.38. The van der Waals surface area contributed by atoms with E-state index < -0.39 is 9.84 Å². The van der Waals surface area contributed by atoms with Gasteiger partial charge in [0.1, 0.15) is 0 Å². The van der Waals surface area contributed by atoms with Crippen LogP contribution in [-0.2, 0) is 14.6 Å². The lowest BCUT2D eigenvalue weighted by atomic mass is 10.2. The lowest BCUT2D eigenvalue weighted by molar-refractivity contribution is -0.128. The third-order valence-electron chi connectivity index (χ3n) is 2.53. The van der Waals surface area contributed by atoms with Crippen molar-refractivity contribution in [3.63, 3.8) is 0 Å². The van der Waals surface area contributed by atoms with Crippen LogP contribution in [0.3, 0.4) is 0 Å². The van der Waals surface area contributed by atoms with Crippen molar-refractivity contribution in [2.45, 2.75) is 12.5 Å². The number of carbonyl (C=O) groups excluding carboxylic acids is 1. The van der Waals surface area contributed by atoms with E-state index in [1.54, 1.807) is 4.90 Å². The van der Waals surface area contributed by atoms with Crippen LogP contribution in [0.5, 0.6) is 0 Å². The van der Waals surface area contributed by atoms with Gasteiger partial charge in [-0.1, -0.05) is 0 Å². The molecule has 1 atom stereocenters. The molecular weight excluding hydrogens is 192 g/mol. The summed E-state index contributed by atoms with van der Waals surface area (Å²) in [6.07, 6.45) is 0.593. The molecule has 1 unspecified atom stereocenters. The van der Waals surface area contributed by atoms with Crippen molar-refractivity contribution in [2.24, 2.45) is 0 Å². The van der Waals surface area contributed by atoms with E-state index >= 15 is 0 Å². The van der Waals surface area contributed by atoms with Crippen molar-refractivity contribution in [1.82, 2.24) is 10.2 Å². The summed E-state index contributed by atoms with van der Waals surface area (Å²) in [5.74, 6) is 0.379. The number of nitrogens with one attached hydrogen (secondary N) is 1. The van der Waals surface area contributed by atoms with E-state index in [1.165, 1.54) is 0 Å². The van der Waals surface area contributed by atoms with Gasteiger partial charge in [0.15, 0.2) is 9.84 Å². The molecule has 6 heteroatoms. The molecule has 0 aliphatic carbocycles. The number of rotatable bonds is 1. The minimum atomic E-state index is -2.88. The van der Waals surface area contributed by atoms with Crippen LogP contribution < -0.4 is 5.32 Å². The number of amides is 1. The fourth-order valence-electron chi connectivity index (χ4n) is 1.83. The lowest BCUT2D eigenvalue weighted by Gasteiger charge is -2.21. The first-order valence-corrected chi connectivity index (χ1v) is 6.11. The fourth-order valence-corrected chi connectivity index (χ4v) is 3.56. The first-order valence-electron chi connectivity index (χ1n) is 4.29. The van der Waals surface area contributed by atoms with Crippen LogP contribution in [-0.4, -0.2) is 50.0 Å². The van der Waals surface area contributed by atoms with Gasteiger partial charge in [0, 0.05) is 6.04 Å². The van der Waals surface area contributed by atoms with E-state index in [9.17, 15) is 13.2 Å². The number of hydrogen-bond acceptors (Lipinski definition) is 4. The molecule has 13 heavy (non-hydrogen) atoms. The Kier molecular flexibility index (Phi) is 2.03. The molecule has 2 fully saturated rings. The van der Waals surface area contributed by atoms with E-state index in [-0.39, 0.29) is 23.5 Å². The quantitative estimate of drug-likeness (QED) is 0.568. The largest absolute Gasteiger partial charge is 0.325 e. The Balaban J connectivity index is 2.07. The zero-order chi connectivity index (χ0) is 9.47. The molecule has 0 spiro atoms. The summed E-state index contributed by atoms with van der Waals surface area (Å²) in [4.78, 5) is 12.9. The van der Waals surface area contributed by atoms with Crippen molar-refractivity contribution in [1.29, 1.82) is 0 Å². The molecule has 0 aromatic rings. The van der Waals surface area contributed by atoms with Gasteiger partial charge < -0.3 is 4.90 Å². The van der Waals surface area contributed by atoms with Crippen LogP contribution in [0.2, 0.25) is 0 Å². The maximum atomic E-state index is 11.2. The summed E-state index contributed by atoms with van der Waals surface area (Å²) in [5.41, 5.74) is 0. The second-order valence-corrected chi connectivity index (χ2v) is 5.73. The standard InChI is InChI=1S/C7H12N2O3S/c10-7-3-8-5-9(7)6-1-2-13(11,12)4-6/h6,8H,1-5H2. The SMILES string of the molecule is O=C1CNCN1C1CCS(=O)(=O)C1. The molecule has 1 amide bonds. The van der Waals surface area contributed by atoms with Crippen molar-refractivity contribution in [2.75, 3.05) is 24.7 Å². The third-order valence-corrected chi connectivity index (χ3v) is 4.28. The number of carbonyl (C=O) groups is 1. The summed E-state index contributed by atoms with van der Waals surface area (Å²) < 4.78 is 22.3. The van der Waals surface area contributed by atoms with E-state index in [0.29, 0.717) is 19.6 Å². The second kappa shape index (κ2) is 2.95. The van der Waals surface area contributed by atoms with Gasteiger partial charge in [-0.25, -0.2) is 8.42 Å². The third kappa shape index (κ3) is 1.68. The normalized spacial score (nSPS) is 32.8. The van der Waals surface area contributed by atoms with Crippen LogP contribution in [0.1, 0.15) is 6.42 Å². The van der Waals surface area contributed by atoms with Gasteiger partial charge in [0.05, 0.1) is 24.7 Å². The molecule has 74 valence electrons. The van der Waals surface area contributed by atoms with Crippen molar-refractivity contribution >= 4 is 15.7 Å². The molecule has 0 aromatic heterocycles. The summed E-state index contributed by atoms with van der Waals surface area (Å²) in [5, 5.41) is 2.91. The Morgan fingerprint density at radius 2 is 2.23 bits per heavy atom. The zero-order valence-electron chi connectivity index (χ0n) is 7.19. The van der Waals surface area contributed by atoms with Crippen LogP contribution in [0.15, 0.2) is 0 Å². The smallest absolute Gasteiger partial charge is 0.237 e. The highest BCUT2D eigenvalue weighted by molar-refractivity contribution is 7.91. The molecule has 0 aromatic carbocycles. The molecule has 2 saturated heterocycles. The average molecular weight is 204 g/mol. The van der Waals surface area contributed by atoms with Crippen LogP contribution >= 0.6 is 0 Å². The summed E-state index contributed by atoms with van der Waals surface area (Å²) in [6, 6.07) is -0.0903. The summed E-state index contributed by atoms with van der Waals surface area (Å²) in [7, 11) is -2.88. The van der Waals surface area contributed by atoms with Crippen LogP contribution in [0.4, 0.5) is 0 Å². The number of hydrogen-bond donors (Lipinski definition) is 1. The maximum absolute atomic E-state index is 11.2. The first kappa shape index (κ1) is 8.96. The minimum absolute atomic E-state index is 0.0158. The van der Waals surface area contributed by atoms with E-state index in [4.69, 9.17) is 0 Å². The van der Waals surface area contributed by atoms with E-state index in [2.05, 4.69) is 5.32 Å². The fraction of sp³-hybridized carbons (Fsp3) is 0.857. The molecule has 2 heterocycles. The van der Waals surface area contributed by atoms with Crippen molar-refractivity contribution in [3.8, 4) is 0 Å². The van der Waals surface area contributed by atoms with Gasteiger partial charge >= 0.3 is 0 Å². The topological polar surface area (TPSA) is 66.5 Å². The highest BCUT2D eigenvalue weighted by atomic mass is 32.2. The van der Waals surface area contributed by atoms with Gasteiger partial charge in [-0.2, -0.15) is 0 Å². The molecule has 0 bridgehead atoms. The molecular formula is C7H12N2O3S. The summed E-state index contributed by atoms with van der Waals surface area (Å²) >= 11 is 0. The Hall–Kier alpha value is -0.620. The van der Waals surface area contributed by atoms with Crippen molar-refractivity contribution < 1.29 is 13.2 Å². The zero-order valence-corrected chi connectivity index (χ0v) is 8.01. The summed E-state index contributed by atoms with van der Waals surface area (Å²) in [6.45, 7) is 0.843. The highest BCUT2D eigenvalue weighted by Gasteiger charge is 2.36. The van der Waals surface area contributed by atoms with Gasteiger partial charge in [0.25, 0.3) is 0 Å². The highest BCUT2D eigenvalue weighted by Crippen LogP contribution is 2.18. The Labute approximate surface area is 77.0 Å². The van der Waals surface area contributed by atoms with Crippen LogP contribution in [0, 0.1) is 0 Å². The molecule has 5 nitrogen and oxygen atoms in total. The minimum Gasteiger partial charge on any atom is -0.325 e. The second-order valence-electron chi connectivity index (χ2n) is 3.51. The van der Waals surface area contributed by atoms with Gasteiger partial charge in [-0.3, -0.25) is 10.1 Å². The Bertz CT molecular complexity index is 325. The van der Waals surface area contributed by atoms with Gasteiger partial charge in [-0.05, 0) is 6.42 Å². The predicted octanol–water partition coefficient (Wildman–Crippen LogP) is -1.44. The first-order chi connectivity index (χ1) is 6.08. The van der Waals surface area contributed by atoms with Gasteiger partial charge in [0.2, 0.25) is 5.91 Å². The molecule has 0 saturated carbocycles. The monoisotopic (exact) mass is 204 g/mol. The van der Waals surface area contributed by atoms with Crippen LogP contribution in [0.25, 0.3) is 0 Å². The number of sulfone groups is 1. The van der Waals surface area contributed by atoms with Crippen molar-refractivity contribution in [3.05, 3.63) is 0 Å². The molecule has 2 rings (SSSR count). The Morgan fingerprint density at radius 3 is 2.69 bits per heavy atom. The van der Waals surface area contributed by atoms with Gasteiger partial charge in [-0.15, -0.1) is 0 Å². The number of nitrogens with zero attached hydrogens (tertiary/aromatic N) is 1. The molecule has 2 aliphatic rings.